The van der Waals surface area contributed by atoms with E-state index < -0.39 is 10.0 Å². The summed E-state index contributed by atoms with van der Waals surface area (Å²) in [7, 11) is -3.10. The maximum Gasteiger partial charge on any atom is 0.225 e. The van der Waals surface area contributed by atoms with Crippen molar-refractivity contribution in [3.05, 3.63) is 0 Å². The molecule has 0 radical (unpaired) electrons. The van der Waals surface area contributed by atoms with Gasteiger partial charge < -0.3 is 9.64 Å². The van der Waals surface area contributed by atoms with Crippen LogP contribution in [0.25, 0.3) is 0 Å². The van der Waals surface area contributed by atoms with Crippen LogP contribution < -0.4 is 4.72 Å². The zero-order valence-electron chi connectivity index (χ0n) is 13.2. The average Bonchev–Trinajstić information content (AvgIpc) is 2.45. The summed E-state index contributed by atoms with van der Waals surface area (Å²) in [5, 5.41) is 0. The monoisotopic (exact) mass is 330 g/mol. The Hall–Kier alpha value is -0.660. The zero-order chi connectivity index (χ0) is 15.8. The number of carbonyl (C=O) groups excluding carboxylic acids is 1. The van der Waals surface area contributed by atoms with Crippen LogP contribution in [0.5, 0.6) is 0 Å². The molecule has 2 heterocycles. The smallest absolute Gasteiger partial charge is 0.225 e. The largest absolute Gasteiger partial charge is 0.381 e. The van der Waals surface area contributed by atoms with E-state index in [9.17, 15) is 13.2 Å². The highest BCUT2D eigenvalue weighted by Crippen LogP contribution is 2.49. The molecule has 0 atom stereocenters. The van der Waals surface area contributed by atoms with Crippen molar-refractivity contribution in [1.82, 2.24) is 9.62 Å². The molecule has 2 saturated heterocycles. The first-order chi connectivity index (χ1) is 10.4. The van der Waals surface area contributed by atoms with Gasteiger partial charge in [0.05, 0.1) is 6.26 Å². The number of likely N-dealkylation sites (tertiary alicyclic amines) is 1. The number of hydrogen-bond donors (Lipinski definition) is 1. The van der Waals surface area contributed by atoms with Gasteiger partial charge >= 0.3 is 0 Å². The van der Waals surface area contributed by atoms with E-state index in [1.807, 2.05) is 4.90 Å². The Balaban J connectivity index is 1.46. The van der Waals surface area contributed by atoms with E-state index in [4.69, 9.17) is 4.74 Å². The topological polar surface area (TPSA) is 75.7 Å². The van der Waals surface area contributed by atoms with Gasteiger partial charge in [-0.3, -0.25) is 4.79 Å². The van der Waals surface area contributed by atoms with Crippen LogP contribution in [0.15, 0.2) is 0 Å². The number of nitrogens with zero attached hydrogens (tertiary/aromatic N) is 1. The number of piperidine rings is 1. The molecule has 0 unspecified atom stereocenters. The summed E-state index contributed by atoms with van der Waals surface area (Å²) in [4.78, 5) is 14.5. The third-order valence-electron chi connectivity index (χ3n) is 5.45. The second-order valence-corrected chi connectivity index (χ2v) is 8.99. The molecular formula is C15H26N2O4S. The number of hydrogen-bond acceptors (Lipinski definition) is 4. The molecule has 1 N–H and O–H groups in total. The molecule has 0 bridgehead atoms. The fourth-order valence-corrected chi connectivity index (χ4v) is 4.96. The molecule has 0 aromatic heterocycles. The van der Waals surface area contributed by atoms with E-state index in [0.29, 0.717) is 19.1 Å². The molecule has 126 valence electrons. The number of rotatable bonds is 3. The second kappa shape index (κ2) is 6.09. The van der Waals surface area contributed by atoms with Crippen molar-refractivity contribution in [2.45, 2.75) is 44.6 Å². The molecule has 3 fully saturated rings. The Labute approximate surface area is 132 Å². The van der Waals surface area contributed by atoms with Crippen molar-refractivity contribution >= 4 is 15.9 Å². The van der Waals surface area contributed by atoms with Gasteiger partial charge in [0.15, 0.2) is 0 Å². The van der Waals surface area contributed by atoms with E-state index in [1.165, 1.54) is 6.26 Å². The number of nitrogens with one attached hydrogen (secondary N) is 1. The van der Waals surface area contributed by atoms with Gasteiger partial charge in [-0.25, -0.2) is 13.1 Å². The van der Waals surface area contributed by atoms with Crippen LogP contribution in [-0.4, -0.2) is 57.8 Å². The van der Waals surface area contributed by atoms with Crippen LogP contribution in [-0.2, 0) is 19.6 Å². The van der Waals surface area contributed by atoms with Crippen molar-refractivity contribution in [2.75, 3.05) is 32.6 Å². The Morgan fingerprint density at radius 1 is 1.18 bits per heavy atom. The minimum atomic E-state index is -3.10. The third-order valence-corrected chi connectivity index (χ3v) is 6.21. The van der Waals surface area contributed by atoms with Gasteiger partial charge in [-0.2, -0.15) is 0 Å². The highest BCUT2D eigenvalue weighted by atomic mass is 32.2. The minimum Gasteiger partial charge on any atom is -0.381 e. The Morgan fingerprint density at radius 3 is 2.32 bits per heavy atom. The van der Waals surface area contributed by atoms with Crippen molar-refractivity contribution in [2.24, 2.45) is 11.3 Å². The first-order valence-electron chi connectivity index (χ1n) is 8.21. The first kappa shape index (κ1) is 16.2. The van der Waals surface area contributed by atoms with Crippen molar-refractivity contribution in [1.29, 1.82) is 0 Å². The van der Waals surface area contributed by atoms with Crippen LogP contribution in [0.4, 0.5) is 0 Å². The van der Waals surface area contributed by atoms with Crippen LogP contribution in [0.2, 0.25) is 0 Å². The molecule has 3 aliphatic rings. The lowest BCUT2D eigenvalue weighted by Gasteiger charge is -2.52. The maximum atomic E-state index is 12.5. The predicted molar refractivity (Wildman–Crippen MR) is 82.8 cm³/mol. The molecule has 3 rings (SSSR count). The van der Waals surface area contributed by atoms with Gasteiger partial charge in [0.2, 0.25) is 15.9 Å². The molecule has 1 amide bonds. The summed E-state index contributed by atoms with van der Waals surface area (Å²) in [6.07, 6.45) is 6.75. The Kier molecular flexibility index (Phi) is 4.49. The van der Waals surface area contributed by atoms with Crippen LogP contribution in [0, 0.1) is 11.3 Å². The normalized spacial score (nSPS) is 26.9. The lowest BCUT2D eigenvalue weighted by Crippen LogP contribution is -2.55. The van der Waals surface area contributed by atoms with E-state index >= 15 is 0 Å². The van der Waals surface area contributed by atoms with Crippen molar-refractivity contribution in [3.8, 4) is 0 Å². The number of carbonyl (C=O) groups is 1. The van der Waals surface area contributed by atoms with Crippen LogP contribution >= 0.6 is 0 Å². The van der Waals surface area contributed by atoms with E-state index in [0.717, 1.165) is 51.6 Å². The van der Waals surface area contributed by atoms with E-state index in [1.54, 1.807) is 0 Å². The Bertz CT molecular complexity index is 512. The molecule has 1 aliphatic carbocycles. The predicted octanol–water partition coefficient (Wildman–Crippen LogP) is 0.733. The highest BCUT2D eigenvalue weighted by molar-refractivity contribution is 7.88. The fraction of sp³-hybridized carbons (Fsp3) is 0.933. The molecule has 1 saturated carbocycles. The van der Waals surface area contributed by atoms with Gasteiger partial charge in [0.25, 0.3) is 0 Å². The lowest BCUT2D eigenvalue weighted by molar-refractivity contribution is -0.142. The van der Waals surface area contributed by atoms with Crippen LogP contribution in [0.1, 0.15) is 38.5 Å². The van der Waals surface area contributed by atoms with E-state index in [2.05, 4.69) is 4.72 Å². The Morgan fingerprint density at radius 2 is 1.77 bits per heavy atom. The summed E-state index contributed by atoms with van der Waals surface area (Å²) < 4.78 is 30.5. The second-order valence-electron chi connectivity index (χ2n) is 7.21. The summed E-state index contributed by atoms with van der Waals surface area (Å²) in [5.41, 5.74) is 0.259. The number of sulfonamides is 1. The molecule has 7 heteroatoms. The quantitative estimate of drug-likeness (QED) is 0.828. The van der Waals surface area contributed by atoms with Crippen molar-refractivity contribution in [3.63, 3.8) is 0 Å². The molecule has 0 aromatic carbocycles. The SMILES string of the molecule is CS(=O)(=O)NC1CC2(CCN(C(=O)C3CCOCC3)CC2)C1. The standard InChI is InChI=1S/C15H26N2O4S/c1-22(19,20)16-13-10-15(11-13)4-6-17(7-5-15)14(18)12-2-8-21-9-3-12/h12-13,16H,2-11H2,1H3. The van der Waals surface area contributed by atoms with Gasteiger partial charge in [-0.05, 0) is 43.9 Å². The minimum absolute atomic E-state index is 0.0905. The summed E-state index contributed by atoms with van der Waals surface area (Å²) in [6.45, 7) is 3.05. The first-order valence-corrected chi connectivity index (χ1v) is 10.1. The van der Waals surface area contributed by atoms with Gasteiger partial charge in [0.1, 0.15) is 0 Å². The van der Waals surface area contributed by atoms with Crippen LogP contribution in [0.3, 0.4) is 0 Å². The maximum absolute atomic E-state index is 12.5. The third kappa shape index (κ3) is 3.63. The fourth-order valence-electron chi connectivity index (χ4n) is 4.18. The molecule has 1 spiro atoms. The van der Waals surface area contributed by atoms with Gasteiger partial charge in [0, 0.05) is 38.3 Å². The molecule has 6 nitrogen and oxygen atoms in total. The van der Waals surface area contributed by atoms with Gasteiger partial charge in [-0.1, -0.05) is 0 Å². The summed E-state index contributed by atoms with van der Waals surface area (Å²) in [6, 6.07) is 0.0905. The average molecular weight is 330 g/mol. The summed E-state index contributed by atoms with van der Waals surface area (Å²) >= 11 is 0. The zero-order valence-corrected chi connectivity index (χ0v) is 14.0. The molecule has 0 aromatic rings. The lowest BCUT2D eigenvalue weighted by atomic mass is 9.60. The number of amides is 1. The van der Waals surface area contributed by atoms with Gasteiger partial charge in [-0.15, -0.1) is 0 Å². The van der Waals surface area contributed by atoms with Crippen molar-refractivity contribution < 1.29 is 17.9 Å². The van der Waals surface area contributed by atoms with E-state index in [-0.39, 0.29) is 17.4 Å². The summed E-state index contributed by atoms with van der Waals surface area (Å²) in [5.74, 6) is 0.437. The molecular weight excluding hydrogens is 304 g/mol. The molecule has 2 aliphatic heterocycles. The molecule has 22 heavy (non-hydrogen) atoms. The highest BCUT2D eigenvalue weighted by Gasteiger charge is 2.47. The number of ether oxygens (including phenoxy) is 1.